The van der Waals surface area contributed by atoms with Crippen LogP contribution in [0.4, 0.5) is 0 Å². The van der Waals surface area contributed by atoms with Gasteiger partial charge in [-0.3, -0.25) is 9.59 Å². The second-order valence-electron chi connectivity index (χ2n) is 8.77. The van der Waals surface area contributed by atoms with Gasteiger partial charge in [0.1, 0.15) is 11.4 Å². The number of likely N-dealkylation sites (tertiary alicyclic amines) is 1. The number of hydrogen-bond acceptors (Lipinski definition) is 7. The van der Waals surface area contributed by atoms with Gasteiger partial charge in [-0.2, -0.15) is 10.1 Å². The van der Waals surface area contributed by atoms with Gasteiger partial charge in [0.25, 0.3) is 5.91 Å². The highest BCUT2D eigenvalue weighted by Crippen LogP contribution is 2.35. The molecule has 1 amide bonds. The third-order valence-electron chi connectivity index (χ3n) is 6.39. The first-order valence-electron chi connectivity index (χ1n) is 12.3. The van der Waals surface area contributed by atoms with Crippen molar-refractivity contribution < 1.29 is 19.1 Å². The van der Waals surface area contributed by atoms with Gasteiger partial charge >= 0.3 is 5.97 Å². The van der Waals surface area contributed by atoms with Gasteiger partial charge in [0.05, 0.1) is 30.2 Å². The van der Waals surface area contributed by atoms with Crippen molar-refractivity contribution in [2.24, 2.45) is 10.9 Å². The van der Waals surface area contributed by atoms with Crippen LogP contribution < -0.4 is 4.74 Å². The van der Waals surface area contributed by atoms with Gasteiger partial charge < -0.3 is 14.4 Å². The molecule has 0 atom stereocenters. The van der Waals surface area contributed by atoms with Crippen molar-refractivity contribution in [3.63, 3.8) is 0 Å². The molecule has 1 aromatic heterocycles. The van der Waals surface area contributed by atoms with Crippen molar-refractivity contribution in [3.8, 4) is 22.7 Å². The summed E-state index contributed by atoms with van der Waals surface area (Å²) in [4.78, 5) is 31.9. The van der Waals surface area contributed by atoms with Gasteiger partial charge in [-0.1, -0.05) is 30.3 Å². The maximum atomic E-state index is 12.9. The number of para-hydroxylation sites is 1. The van der Waals surface area contributed by atoms with E-state index in [1.54, 1.807) is 7.11 Å². The third kappa shape index (κ3) is 5.46. The van der Waals surface area contributed by atoms with Gasteiger partial charge in [0, 0.05) is 30.4 Å². The molecule has 5 rings (SSSR count). The van der Waals surface area contributed by atoms with Gasteiger partial charge in [0.2, 0.25) is 0 Å². The molecule has 37 heavy (non-hydrogen) atoms. The summed E-state index contributed by atoms with van der Waals surface area (Å²) in [6.45, 7) is 3.54. The van der Waals surface area contributed by atoms with E-state index in [0.29, 0.717) is 42.6 Å². The van der Waals surface area contributed by atoms with E-state index in [0.717, 1.165) is 28.3 Å². The van der Waals surface area contributed by atoms with Crippen LogP contribution in [0.5, 0.6) is 5.75 Å². The molecule has 0 aliphatic carbocycles. The van der Waals surface area contributed by atoms with Crippen molar-refractivity contribution in [2.75, 3.05) is 26.8 Å². The summed E-state index contributed by atoms with van der Waals surface area (Å²) in [6, 6.07) is 17.6. The lowest BCUT2D eigenvalue weighted by Gasteiger charge is -2.31. The minimum atomic E-state index is -0.267. The summed E-state index contributed by atoms with van der Waals surface area (Å²) in [7, 11) is 1.63. The van der Waals surface area contributed by atoms with E-state index in [9.17, 15) is 9.59 Å². The van der Waals surface area contributed by atoms with E-state index in [1.165, 1.54) is 11.8 Å². The van der Waals surface area contributed by atoms with E-state index >= 15 is 0 Å². The molecule has 1 fully saturated rings. The topological polar surface area (TPSA) is 86.0 Å². The number of hydrogen-bond donors (Lipinski definition) is 0. The first-order valence-corrected chi connectivity index (χ1v) is 13.1. The molecule has 0 radical (unpaired) electrons. The van der Waals surface area contributed by atoms with Crippen LogP contribution in [0.2, 0.25) is 0 Å². The highest BCUT2D eigenvalue weighted by molar-refractivity contribution is 8.18. The van der Waals surface area contributed by atoms with Crippen LogP contribution in [0.3, 0.4) is 0 Å². The molecule has 0 unspecified atom stereocenters. The highest BCUT2D eigenvalue weighted by atomic mass is 32.2. The molecule has 2 aromatic carbocycles. The van der Waals surface area contributed by atoms with Gasteiger partial charge in [-0.15, -0.1) is 0 Å². The normalized spacial score (nSPS) is 17.2. The van der Waals surface area contributed by atoms with Crippen LogP contribution >= 0.6 is 11.8 Å². The Hall–Kier alpha value is -3.85. The second kappa shape index (κ2) is 11.0. The van der Waals surface area contributed by atoms with Crippen LogP contribution in [0.1, 0.15) is 25.3 Å². The number of amides is 1. The number of rotatable bonds is 6. The first kappa shape index (κ1) is 24.8. The fourth-order valence-electron chi connectivity index (χ4n) is 4.44. The number of thioether (sulfide) groups is 1. The average molecular weight is 517 g/mol. The fraction of sp³-hybridized carbons (Fsp3) is 0.286. The summed E-state index contributed by atoms with van der Waals surface area (Å²) < 4.78 is 12.4. The molecule has 8 nitrogen and oxygen atoms in total. The Morgan fingerprint density at radius 1 is 1.14 bits per heavy atom. The third-order valence-corrected chi connectivity index (χ3v) is 7.43. The molecule has 1 saturated heterocycles. The maximum absolute atomic E-state index is 12.9. The number of nitrogens with zero attached hydrogens (tertiary/aromatic N) is 4. The molecule has 190 valence electrons. The van der Waals surface area contributed by atoms with E-state index in [2.05, 4.69) is 9.89 Å². The minimum Gasteiger partial charge on any atom is -0.497 e. The van der Waals surface area contributed by atoms with Crippen molar-refractivity contribution in [1.29, 1.82) is 0 Å². The number of carbonyl (C=O) groups excluding carboxylic acids is 2. The molecule has 0 spiro atoms. The molecule has 0 N–H and O–H groups in total. The molecule has 2 aliphatic heterocycles. The number of aromatic nitrogens is 2. The number of aliphatic imine (C=N–C) groups is 1. The largest absolute Gasteiger partial charge is 0.497 e. The fourth-order valence-corrected chi connectivity index (χ4v) is 5.40. The Balaban J connectivity index is 1.40. The Morgan fingerprint density at radius 2 is 1.92 bits per heavy atom. The van der Waals surface area contributed by atoms with Crippen molar-refractivity contribution in [3.05, 3.63) is 71.3 Å². The molecule has 9 heteroatoms. The number of carbonyl (C=O) groups is 2. The van der Waals surface area contributed by atoms with Gasteiger partial charge in [-0.05, 0) is 61.9 Å². The number of ether oxygens (including phenoxy) is 2. The van der Waals surface area contributed by atoms with Crippen LogP contribution in [-0.2, 0) is 14.3 Å². The number of amidine groups is 1. The number of piperidine rings is 1. The highest BCUT2D eigenvalue weighted by Gasteiger charge is 2.32. The zero-order valence-corrected chi connectivity index (χ0v) is 21.6. The lowest BCUT2D eigenvalue weighted by molar-refractivity contribution is -0.149. The first-order chi connectivity index (χ1) is 18.1. The lowest BCUT2D eigenvalue weighted by Crippen LogP contribution is -2.39. The van der Waals surface area contributed by atoms with Gasteiger partial charge in [-0.25, -0.2) is 4.68 Å². The average Bonchev–Trinajstić information content (AvgIpc) is 3.53. The second-order valence-corrected chi connectivity index (χ2v) is 9.78. The van der Waals surface area contributed by atoms with E-state index in [4.69, 9.17) is 14.6 Å². The summed E-state index contributed by atoms with van der Waals surface area (Å²) in [5.41, 5.74) is 3.36. The van der Waals surface area contributed by atoms with Crippen LogP contribution in [0.25, 0.3) is 23.0 Å². The lowest BCUT2D eigenvalue weighted by atomic mass is 9.97. The molecule has 3 aromatic rings. The summed E-state index contributed by atoms with van der Waals surface area (Å²) in [5, 5.41) is 5.52. The quantitative estimate of drug-likeness (QED) is 0.344. The van der Waals surface area contributed by atoms with Crippen LogP contribution in [-0.4, -0.2) is 58.5 Å². The molecule has 0 saturated carbocycles. The predicted molar refractivity (Wildman–Crippen MR) is 144 cm³/mol. The Bertz CT molecular complexity index is 1360. The van der Waals surface area contributed by atoms with Crippen molar-refractivity contribution in [1.82, 2.24) is 14.7 Å². The summed E-state index contributed by atoms with van der Waals surface area (Å²) in [6.07, 6.45) is 5.16. The Kier molecular flexibility index (Phi) is 7.41. The van der Waals surface area contributed by atoms with E-state index < -0.39 is 0 Å². The predicted octanol–water partition coefficient (Wildman–Crippen LogP) is 4.79. The summed E-state index contributed by atoms with van der Waals surface area (Å²) in [5.74, 6) is 0.230. The monoisotopic (exact) mass is 516 g/mol. The Labute approximate surface area is 220 Å². The molecule has 3 heterocycles. The number of esters is 1. The zero-order valence-electron chi connectivity index (χ0n) is 20.8. The smallest absolute Gasteiger partial charge is 0.309 e. The summed E-state index contributed by atoms with van der Waals surface area (Å²) >= 11 is 1.37. The van der Waals surface area contributed by atoms with Crippen LogP contribution in [0.15, 0.2) is 70.7 Å². The number of benzene rings is 2. The van der Waals surface area contributed by atoms with Crippen molar-refractivity contribution in [2.45, 2.75) is 19.8 Å². The molecular formula is C28H28N4O4S. The SMILES string of the molecule is CCOC(=O)C1CCN(C2=NC(=O)/C(=C/c3cn(-c4ccccc4)nc3-c3cccc(OC)c3)S2)CC1. The van der Waals surface area contributed by atoms with E-state index in [-0.39, 0.29) is 17.8 Å². The molecule has 2 aliphatic rings. The maximum Gasteiger partial charge on any atom is 0.309 e. The van der Waals surface area contributed by atoms with Crippen LogP contribution in [0, 0.1) is 5.92 Å². The standard InChI is InChI=1S/C28H28N4O4S/c1-3-36-27(34)19-12-14-31(15-13-19)28-29-26(33)24(37-28)17-21-18-32(22-9-5-4-6-10-22)30-25(21)20-8-7-11-23(16-20)35-2/h4-11,16-19H,3,12-15H2,1-2H3/b24-17-. The molecule has 0 bridgehead atoms. The van der Waals surface area contributed by atoms with E-state index in [1.807, 2.05) is 78.5 Å². The molecular weight excluding hydrogens is 488 g/mol. The van der Waals surface area contributed by atoms with Crippen molar-refractivity contribution >= 4 is 34.9 Å². The number of methoxy groups -OCH3 is 1. The van der Waals surface area contributed by atoms with Gasteiger partial charge in [0.15, 0.2) is 5.17 Å². The zero-order chi connectivity index (χ0) is 25.8. The minimum absolute atomic E-state index is 0.0943. The Morgan fingerprint density at radius 3 is 2.65 bits per heavy atom.